The Balaban J connectivity index is 1.60. The van der Waals surface area contributed by atoms with E-state index in [1.165, 1.54) is 0 Å². The Hall–Kier alpha value is -0.630. The number of morpholine rings is 1. The third kappa shape index (κ3) is 6.41. The first-order valence-corrected chi connectivity index (χ1v) is 10.1. The van der Waals surface area contributed by atoms with Crippen LogP contribution >= 0.6 is 23.1 Å². The van der Waals surface area contributed by atoms with Crippen LogP contribution in [0.25, 0.3) is 0 Å². The van der Waals surface area contributed by atoms with Crippen molar-refractivity contribution in [1.82, 2.24) is 15.2 Å². The zero-order valence-corrected chi connectivity index (χ0v) is 15.9. The lowest BCUT2D eigenvalue weighted by Crippen LogP contribution is -2.55. The van der Waals surface area contributed by atoms with Crippen molar-refractivity contribution in [1.29, 1.82) is 0 Å². The van der Waals surface area contributed by atoms with Crippen molar-refractivity contribution in [3.63, 3.8) is 0 Å². The van der Waals surface area contributed by atoms with E-state index in [-0.39, 0.29) is 11.4 Å². The molecule has 0 unspecified atom stereocenters. The number of hydrogen-bond donors (Lipinski definition) is 1. The van der Waals surface area contributed by atoms with Gasteiger partial charge in [-0.1, -0.05) is 0 Å². The second-order valence-electron chi connectivity index (χ2n) is 6.35. The van der Waals surface area contributed by atoms with Crippen molar-refractivity contribution >= 4 is 29.0 Å². The molecule has 1 saturated heterocycles. The van der Waals surface area contributed by atoms with Crippen LogP contribution in [0, 0.1) is 6.92 Å². The van der Waals surface area contributed by atoms with Crippen molar-refractivity contribution in [2.24, 2.45) is 0 Å². The van der Waals surface area contributed by atoms with Gasteiger partial charge in [0.15, 0.2) is 0 Å². The third-order valence-electron chi connectivity index (χ3n) is 3.98. The highest BCUT2D eigenvalue weighted by atomic mass is 32.2. The minimum Gasteiger partial charge on any atom is -0.379 e. The summed E-state index contributed by atoms with van der Waals surface area (Å²) < 4.78 is 5.39. The van der Waals surface area contributed by atoms with Gasteiger partial charge in [0.1, 0.15) is 0 Å². The van der Waals surface area contributed by atoms with E-state index < -0.39 is 0 Å². The summed E-state index contributed by atoms with van der Waals surface area (Å²) >= 11 is 3.44. The molecule has 1 aromatic rings. The molecule has 0 spiro atoms. The highest BCUT2D eigenvalue weighted by molar-refractivity contribution is 7.98. The number of rotatable bonds is 8. The maximum absolute atomic E-state index is 12.0. The molecule has 1 amide bonds. The monoisotopic (exact) mass is 357 g/mol. The number of hydrogen-bond acceptors (Lipinski definition) is 6. The number of thioether (sulfide) groups is 1. The molecule has 1 fully saturated rings. The van der Waals surface area contributed by atoms with E-state index in [9.17, 15) is 4.79 Å². The van der Waals surface area contributed by atoms with Crippen LogP contribution < -0.4 is 5.32 Å². The van der Waals surface area contributed by atoms with E-state index in [4.69, 9.17) is 4.74 Å². The zero-order valence-electron chi connectivity index (χ0n) is 14.3. The van der Waals surface area contributed by atoms with Crippen LogP contribution in [-0.2, 0) is 15.3 Å². The van der Waals surface area contributed by atoms with Crippen molar-refractivity contribution in [3.8, 4) is 0 Å². The predicted molar refractivity (Wildman–Crippen MR) is 97.1 cm³/mol. The number of nitrogens with one attached hydrogen (secondary N) is 1. The first-order valence-electron chi connectivity index (χ1n) is 8.05. The Morgan fingerprint density at radius 1 is 1.48 bits per heavy atom. The van der Waals surface area contributed by atoms with Gasteiger partial charge >= 0.3 is 0 Å². The highest BCUT2D eigenvalue weighted by Gasteiger charge is 2.28. The maximum Gasteiger partial charge on any atom is 0.220 e. The topological polar surface area (TPSA) is 54.5 Å². The highest BCUT2D eigenvalue weighted by Crippen LogP contribution is 2.17. The van der Waals surface area contributed by atoms with E-state index in [0.29, 0.717) is 13.0 Å². The lowest BCUT2D eigenvalue weighted by molar-refractivity contribution is -0.121. The van der Waals surface area contributed by atoms with Gasteiger partial charge in [0.25, 0.3) is 0 Å². The fourth-order valence-electron chi connectivity index (χ4n) is 2.50. The summed E-state index contributed by atoms with van der Waals surface area (Å²) in [7, 11) is 0. The van der Waals surface area contributed by atoms with Gasteiger partial charge in [0, 0.05) is 48.5 Å². The minimum atomic E-state index is -0.0231. The fraction of sp³-hybridized carbons (Fsp3) is 0.750. The average molecular weight is 358 g/mol. The minimum absolute atomic E-state index is 0.0231. The molecule has 0 atom stereocenters. The van der Waals surface area contributed by atoms with Crippen molar-refractivity contribution in [3.05, 3.63) is 16.1 Å². The molecule has 0 aliphatic carbocycles. The van der Waals surface area contributed by atoms with Crippen LogP contribution in [-0.4, -0.2) is 59.9 Å². The van der Waals surface area contributed by atoms with E-state index in [0.717, 1.165) is 48.5 Å². The number of ether oxygens (including phenoxy) is 1. The molecule has 0 bridgehead atoms. The summed E-state index contributed by atoms with van der Waals surface area (Å²) in [5, 5.41) is 6.27. The van der Waals surface area contributed by atoms with Crippen LogP contribution in [0.1, 0.15) is 31.0 Å². The Morgan fingerprint density at radius 3 is 2.87 bits per heavy atom. The maximum atomic E-state index is 12.0. The zero-order chi connectivity index (χ0) is 16.7. The van der Waals surface area contributed by atoms with Crippen LogP contribution in [0.15, 0.2) is 5.38 Å². The molecule has 130 valence electrons. The molecule has 0 saturated carbocycles. The summed E-state index contributed by atoms with van der Waals surface area (Å²) in [6.45, 7) is 10.5. The molecular weight excluding hydrogens is 330 g/mol. The van der Waals surface area contributed by atoms with Gasteiger partial charge in [-0.3, -0.25) is 9.69 Å². The number of carbonyl (C=O) groups excluding carboxylic acids is 1. The van der Waals surface area contributed by atoms with E-state index in [2.05, 4.69) is 34.4 Å². The van der Waals surface area contributed by atoms with Crippen LogP contribution in [0.4, 0.5) is 0 Å². The second-order valence-corrected chi connectivity index (χ2v) is 8.52. The molecule has 7 heteroatoms. The van der Waals surface area contributed by atoms with Crippen LogP contribution in [0.2, 0.25) is 0 Å². The number of aromatic nitrogens is 1. The molecule has 1 aliphatic heterocycles. The number of carbonyl (C=O) groups is 1. The normalized spacial score (nSPS) is 16.5. The van der Waals surface area contributed by atoms with E-state index in [1.807, 2.05) is 6.92 Å². The molecule has 1 aliphatic rings. The molecule has 1 aromatic heterocycles. The summed E-state index contributed by atoms with van der Waals surface area (Å²) in [5.41, 5.74) is 1.09. The first-order chi connectivity index (χ1) is 11.0. The fourth-order valence-corrected chi connectivity index (χ4v) is 4.05. The van der Waals surface area contributed by atoms with Gasteiger partial charge < -0.3 is 10.1 Å². The Morgan fingerprint density at radius 2 is 2.22 bits per heavy atom. The molecule has 0 radical (unpaired) electrons. The van der Waals surface area contributed by atoms with Gasteiger partial charge in [-0.25, -0.2) is 4.98 Å². The number of thiazole rings is 1. The average Bonchev–Trinajstić information content (AvgIpc) is 2.96. The molecule has 23 heavy (non-hydrogen) atoms. The predicted octanol–water partition coefficient (Wildman–Crippen LogP) is 2.30. The molecular formula is C16H27N3O2S2. The molecule has 0 aromatic carbocycles. The molecule has 1 N–H and O–H groups in total. The number of aryl methyl sites for hydroxylation is 1. The van der Waals surface area contributed by atoms with Crippen molar-refractivity contribution in [2.45, 2.75) is 38.5 Å². The number of amides is 1. The van der Waals surface area contributed by atoms with Gasteiger partial charge in [-0.2, -0.15) is 11.8 Å². The molecule has 5 nitrogen and oxygen atoms in total. The van der Waals surface area contributed by atoms with E-state index in [1.54, 1.807) is 23.1 Å². The SMILES string of the molecule is Cc1nc(CSCCC(=O)NCC(C)(C)N2CCOCC2)cs1. The lowest BCUT2D eigenvalue weighted by Gasteiger charge is -2.40. The standard InChI is InChI=1S/C16H27N3O2S2/c1-13-18-14(11-23-13)10-22-9-4-15(20)17-12-16(2,3)19-5-7-21-8-6-19/h11H,4-10,12H2,1-3H3,(H,17,20). The summed E-state index contributed by atoms with van der Waals surface area (Å²) in [6.07, 6.45) is 0.562. The quantitative estimate of drug-likeness (QED) is 0.724. The third-order valence-corrected chi connectivity index (χ3v) is 5.79. The summed E-state index contributed by atoms with van der Waals surface area (Å²) in [5.74, 6) is 1.85. The van der Waals surface area contributed by atoms with Crippen molar-refractivity contribution in [2.75, 3.05) is 38.6 Å². The second kappa shape index (κ2) is 9.01. The van der Waals surface area contributed by atoms with Crippen LogP contribution in [0.3, 0.4) is 0 Å². The Kier molecular flexibility index (Phi) is 7.33. The molecule has 2 heterocycles. The van der Waals surface area contributed by atoms with E-state index >= 15 is 0 Å². The lowest BCUT2D eigenvalue weighted by atomic mass is 10.0. The first kappa shape index (κ1) is 18.7. The Labute approximate surface area is 147 Å². The van der Waals surface area contributed by atoms with Gasteiger partial charge in [-0.15, -0.1) is 11.3 Å². The smallest absolute Gasteiger partial charge is 0.220 e. The largest absolute Gasteiger partial charge is 0.379 e. The summed E-state index contributed by atoms with van der Waals surface area (Å²) in [4.78, 5) is 18.8. The van der Waals surface area contributed by atoms with Gasteiger partial charge in [0.05, 0.1) is 23.9 Å². The molecule has 2 rings (SSSR count). The Bertz CT molecular complexity index is 499. The van der Waals surface area contributed by atoms with Crippen LogP contribution in [0.5, 0.6) is 0 Å². The van der Waals surface area contributed by atoms with Crippen molar-refractivity contribution < 1.29 is 9.53 Å². The summed E-state index contributed by atoms with van der Waals surface area (Å²) in [6, 6.07) is 0. The number of nitrogens with zero attached hydrogens (tertiary/aromatic N) is 2. The van der Waals surface area contributed by atoms with Gasteiger partial charge in [0.2, 0.25) is 5.91 Å². The van der Waals surface area contributed by atoms with Gasteiger partial charge in [-0.05, 0) is 20.8 Å².